The van der Waals surface area contributed by atoms with E-state index in [-0.39, 0.29) is 22.9 Å². The van der Waals surface area contributed by atoms with Gasteiger partial charge in [-0.3, -0.25) is 0 Å². The van der Waals surface area contributed by atoms with E-state index >= 15 is 0 Å². The first-order valence-corrected chi connectivity index (χ1v) is 5.00. The molecule has 0 amide bonds. The van der Waals surface area contributed by atoms with Crippen LogP contribution in [0.3, 0.4) is 0 Å². The summed E-state index contributed by atoms with van der Waals surface area (Å²) < 4.78 is -1.17. The molecule has 1 atom stereocenters. The Morgan fingerprint density at radius 1 is 1.13 bits per heavy atom. The quantitative estimate of drug-likeness (QED) is 0.707. The Hall–Kier alpha value is -0.991. The van der Waals surface area contributed by atoms with E-state index < -0.39 is 4.31 Å². The third-order valence-corrected chi connectivity index (χ3v) is 3.19. The Morgan fingerprint density at radius 2 is 1.67 bits per heavy atom. The molecule has 1 aliphatic carbocycles. The number of hydrogen-bond acceptors (Lipinski definition) is 3. The number of carbonyl (C=O) groups excluding carboxylic acids is 3. The molecule has 1 unspecified atom stereocenters. The van der Waals surface area contributed by atoms with Crippen molar-refractivity contribution < 1.29 is 30.4 Å². The average Bonchev–Trinajstić information content (AvgIpc) is 2.44. The number of Topliss-reactive ketones (excluding diaryl/α,β-unsaturated/α-hetero) is 3. The second-order valence-corrected chi connectivity index (χ2v) is 4.35. The SMILES string of the molecule is CC(=O)C1=C(C(C)=O)[C]([Fe])(C(C)=O)C=C1. The molecule has 0 saturated carbocycles. The average molecular weight is 247 g/mol. The van der Waals surface area contributed by atoms with Gasteiger partial charge in [0.15, 0.2) is 0 Å². The molecule has 15 heavy (non-hydrogen) atoms. The molecule has 1 aliphatic rings. The van der Waals surface area contributed by atoms with Crippen molar-refractivity contribution >= 4 is 17.3 Å². The van der Waals surface area contributed by atoms with Crippen LogP contribution < -0.4 is 0 Å². The van der Waals surface area contributed by atoms with E-state index in [9.17, 15) is 14.4 Å². The second-order valence-electron chi connectivity index (χ2n) is 3.48. The Morgan fingerprint density at radius 3 is 2.00 bits per heavy atom. The first-order valence-electron chi connectivity index (χ1n) is 4.45. The van der Waals surface area contributed by atoms with E-state index in [0.717, 1.165) is 0 Å². The molecule has 4 heteroatoms. The standard InChI is InChI=1S/C11H11O3.Fe/c1-6(12)9-4-5-10(7(2)13)11(9)8(3)14;/h4-5H,1-3H3;. The zero-order chi connectivity index (χ0) is 11.8. The first kappa shape index (κ1) is 12.1. The van der Waals surface area contributed by atoms with Gasteiger partial charge in [0.1, 0.15) is 0 Å². The first-order chi connectivity index (χ1) is 6.80. The van der Waals surface area contributed by atoms with Gasteiger partial charge in [0, 0.05) is 0 Å². The van der Waals surface area contributed by atoms with Crippen molar-refractivity contribution in [2.45, 2.75) is 25.1 Å². The van der Waals surface area contributed by atoms with Gasteiger partial charge in [-0.2, -0.15) is 0 Å². The van der Waals surface area contributed by atoms with Crippen LogP contribution in [0.1, 0.15) is 20.8 Å². The van der Waals surface area contributed by atoms with Gasteiger partial charge in [0.25, 0.3) is 0 Å². The minimum absolute atomic E-state index is 0.211. The maximum absolute atomic E-state index is 11.4. The molecule has 0 heterocycles. The summed E-state index contributed by atoms with van der Waals surface area (Å²) in [6.45, 7) is 4.08. The van der Waals surface area contributed by atoms with Crippen molar-refractivity contribution in [1.29, 1.82) is 0 Å². The van der Waals surface area contributed by atoms with Gasteiger partial charge in [-0.05, 0) is 0 Å². The van der Waals surface area contributed by atoms with E-state index in [4.69, 9.17) is 0 Å². The molecular weight excluding hydrogens is 236 g/mol. The van der Waals surface area contributed by atoms with E-state index in [1.54, 1.807) is 0 Å². The van der Waals surface area contributed by atoms with E-state index in [1.807, 2.05) is 0 Å². The molecule has 0 saturated heterocycles. The summed E-state index contributed by atoms with van der Waals surface area (Å²) in [6, 6.07) is 0. The molecule has 0 aromatic heterocycles. The molecule has 0 aliphatic heterocycles. The number of rotatable bonds is 3. The summed E-state index contributed by atoms with van der Waals surface area (Å²) in [5.41, 5.74) is 0.509. The van der Waals surface area contributed by atoms with Gasteiger partial charge in [-0.25, -0.2) is 0 Å². The van der Waals surface area contributed by atoms with Crippen molar-refractivity contribution in [2.24, 2.45) is 0 Å². The molecule has 0 spiro atoms. The van der Waals surface area contributed by atoms with Crippen LogP contribution in [-0.2, 0) is 30.4 Å². The van der Waals surface area contributed by atoms with Crippen molar-refractivity contribution in [1.82, 2.24) is 0 Å². The van der Waals surface area contributed by atoms with E-state index in [0.29, 0.717) is 5.57 Å². The number of carbonyl (C=O) groups is 3. The topological polar surface area (TPSA) is 51.2 Å². The Bertz CT molecular complexity index is 418. The predicted molar refractivity (Wildman–Crippen MR) is 50.9 cm³/mol. The van der Waals surface area contributed by atoms with Crippen LogP contribution in [0.5, 0.6) is 0 Å². The van der Waals surface area contributed by atoms with Crippen LogP contribution in [0.25, 0.3) is 0 Å². The molecule has 1 rings (SSSR count). The molecule has 0 N–H and O–H groups in total. The molecule has 0 bridgehead atoms. The van der Waals surface area contributed by atoms with Gasteiger partial charge in [0.2, 0.25) is 0 Å². The Balaban J connectivity index is 3.41. The molecule has 3 nitrogen and oxygen atoms in total. The molecule has 0 aromatic rings. The zero-order valence-corrected chi connectivity index (χ0v) is 9.84. The summed E-state index contributed by atoms with van der Waals surface area (Å²) in [6.07, 6.45) is 3.02. The number of hydrogen-bond donors (Lipinski definition) is 0. The second kappa shape index (κ2) is 3.87. The summed E-state index contributed by atoms with van der Waals surface area (Å²) in [4.78, 5) is 34.1. The fourth-order valence-corrected chi connectivity index (χ4v) is 2.02. The molecule has 0 aromatic carbocycles. The maximum atomic E-state index is 11.4. The zero-order valence-electron chi connectivity index (χ0n) is 8.73. The fraction of sp³-hybridized carbons (Fsp3) is 0.364. The van der Waals surface area contributed by atoms with E-state index in [1.165, 1.54) is 32.9 Å². The molecular formula is C11H11FeO3. The molecule has 0 radical (unpaired) electrons. The van der Waals surface area contributed by atoms with Crippen LogP contribution in [0, 0.1) is 0 Å². The van der Waals surface area contributed by atoms with Gasteiger partial charge in [-0.15, -0.1) is 0 Å². The molecule has 0 fully saturated rings. The third-order valence-electron chi connectivity index (χ3n) is 2.34. The van der Waals surface area contributed by atoms with Crippen molar-refractivity contribution in [3.63, 3.8) is 0 Å². The van der Waals surface area contributed by atoms with E-state index in [2.05, 4.69) is 16.0 Å². The van der Waals surface area contributed by atoms with Gasteiger partial charge in [-0.1, -0.05) is 0 Å². The molecule has 81 valence electrons. The fourth-order valence-electron chi connectivity index (χ4n) is 1.58. The normalized spacial score (nSPS) is 24.5. The van der Waals surface area contributed by atoms with Gasteiger partial charge < -0.3 is 0 Å². The predicted octanol–water partition coefficient (Wildman–Crippen LogP) is 1.33. The summed E-state index contributed by atoms with van der Waals surface area (Å²) >= 11 is 3.74. The third kappa shape index (κ3) is 1.87. The van der Waals surface area contributed by atoms with Crippen molar-refractivity contribution in [3.05, 3.63) is 23.3 Å². The summed E-state index contributed by atoms with van der Waals surface area (Å²) in [7, 11) is 0. The van der Waals surface area contributed by atoms with Crippen LogP contribution >= 0.6 is 0 Å². The van der Waals surface area contributed by atoms with Crippen molar-refractivity contribution in [2.75, 3.05) is 0 Å². The number of allylic oxidation sites excluding steroid dienone is 4. The summed E-state index contributed by atoms with van der Waals surface area (Å²) in [5, 5.41) is 0. The van der Waals surface area contributed by atoms with Crippen LogP contribution in [0.4, 0.5) is 0 Å². The minimum atomic E-state index is -1.17. The van der Waals surface area contributed by atoms with Gasteiger partial charge in [0.05, 0.1) is 0 Å². The Kier molecular flexibility index (Phi) is 3.12. The van der Waals surface area contributed by atoms with Crippen LogP contribution in [-0.4, -0.2) is 17.3 Å². The van der Waals surface area contributed by atoms with Crippen LogP contribution in [0.2, 0.25) is 4.31 Å². The summed E-state index contributed by atoms with van der Waals surface area (Å²) in [5.74, 6) is -0.737. The monoisotopic (exact) mass is 247 g/mol. The number of ketones is 3. The van der Waals surface area contributed by atoms with Crippen LogP contribution in [0.15, 0.2) is 23.3 Å². The van der Waals surface area contributed by atoms with Gasteiger partial charge >= 0.3 is 96.1 Å². The van der Waals surface area contributed by atoms with Crippen molar-refractivity contribution in [3.8, 4) is 0 Å². The Labute approximate surface area is 96.4 Å².